The number of rotatable bonds is 2. The van der Waals surface area contributed by atoms with E-state index in [1.165, 1.54) is 11.3 Å². The van der Waals surface area contributed by atoms with Crippen LogP contribution in [0.25, 0.3) is 0 Å². The number of hydrogen-bond donors (Lipinski definition) is 0. The van der Waals surface area contributed by atoms with Crippen molar-refractivity contribution in [2.24, 2.45) is 0 Å². The summed E-state index contributed by atoms with van der Waals surface area (Å²) in [6.45, 7) is 9.84. The molecule has 0 N–H and O–H groups in total. The summed E-state index contributed by atoms with van der Waals surface area (Å²) in [4.78, 5) is 2.37. The lowest BCUT2D eigenvalue weighted by Crippen LogP contribution is -2.36. The van der Waals surface area contributed by atoms with Gasteiger partial charge < -0.3 is 9.64 Å². The van der Waals surface area contributed by atoms with E-state index in [0.29, 0.717) is 5.92 Å². The van der Waals surface area contributed by atoms with Crippen LogP contribution in [0.15, 0.2) is 24.3 Å². The molecular formula is C13H18NO. The van der Waals surface area contributed by atoms with Crippen molar-refractivity contribution < 1.29 is 4.74 Å². The van der Waals surface area contributed by atoms with Gasteiger partial charge in [0.1, 0.15) is 0 Å². The van der Waals surface area contributed by atoms with Gasteiger partial charge in [0.2, 0.25) is 0 Å². The van der Waals surface area contributed by atoms with Gasteiger partial charge in [0.05, 0.1) is 13.2 Å². The Morgan fingerprint density at radius 1 is 1.33 bits per heavy atom. The Morgan fingerprint density at radius 3 is 2.73 bits per heavy atom. The molecule has 2 nitrogen and oxygen atoms in total. The highest BCUT2D eigenvalue weighted by molar-refractivity contribution is 5.49. The molecule has 1 aromatic carbocycles. The van der Waals surface area contributed by atoms with Gasteiger partial charge in [-0.05, 0) is 30.5 Å². The summed E-state index contributed by atoms with van der Waals surface area (Å²) < 4.78 is 5.34. The second-order valence-corrected chi connectivity index (χ2v) is 4.10. The second kappa shape index (κ2) is 4.67. The molecule has 1 aliphatic rings. The fourth-order valence-corrected chi connectivity index (χ4v) is 1.85. The first-order chi connectivity index (χ1) is 7.27. The largest absolute Gasteiger partial charge is 0.378 e. The minimum Gasteiger partial charge on any atom is -0.378 e. The number of ether oxygens (including phenoxy) is 1. The van der Waals surface area contributed by atoms with Gasteiger partial charge in [-0.2, -0.15) is 0 Å². The van der Waals surface area contributed by atoms with E-state index in [1.807, 2.05) is 0 Å². The summed E-state index contributed by atoms with van der Waals surface area (Å²) in [7, 11) is 0. The molecule has 1 aromatic rings. The Balaban J connectivity index is 2.16. The zero-order valence-electron chi connectivity index (χ0n) is 9.28. The average molecular weight is 204 g/mol. The van der Waals surface area contributed by atoms with Crippen molar-refractivity contribution in [2.75, 3.05) is 31.2 Å². The van der Waals surface area contributed by atoms with E-state index in [-0.39, 0.29) is 0 Å². The van der Waals surface area contributed by atoms with E-state index in [4.69, 9.17) is 4.74 Å². The fraction of sp³-hybridized carbons (Fsp3) is 0.462. The summed E-state index contributed by atoms with van der Waals surface area (Å²) in [5.74, 6) is 0.353. The van der Waals surface area contributed by atoms with Crippen LogP contribution in [0, 0.1) is 6.92 Å². The van der Waals surface area contributed by atoms with Crippen LogP contribution in [0.5, 0.6) is 0 Å². The molecule has 0 saturated carbocycles. The highest BCUT2D eigenvalue weighted by Crippen LogP contribution is 2.21. The van der Waals surface area contributed by atoms with Crippen molar-refractivity contribution in [3.8, 4) is 0 Å². The van der Waals surface area contributed by atoms with Crippen molar-refractivity contribution in [2.45, 2.75) is 12.8 Å². The third-order valence-corrected chi connectivity index (χ3v) is 2.82. The number of nitrogens with zero attached hydrogens (tertiary/aromatic N) is 1. The molecule has 1 fully saturated rings. The monoisotopic (exact) mass is 204 g/mol. The first kappa shape index (κ1) is 10.5. The van der Waals surface area contributed by atoms with E-state index in [1.54, 1.807) is 0 Å². The van der Waals surface area contributed by atoms with Gasteiger partial charge in [0.25, 0.3) is 0 Å². The van der Waals surface area contributed by atoms with Crippen molar-refractivity contribution in [3.05, 3.63) is 36.8 Å². The molecule has 1 atom stereocenters. The maximum Gasteiger partial charge on any atom is 0.0642 e. The minimum absolute atomic E-state index is 0.353. The van der Waals surface area contributed by atoms with Gasteiger partial charge in [-0.1, -0.05) is 19.1 Å². The molecule has 2 heteroatoms. The van der Waals surface area contributed by atoms with Gasteiger partial charge in [-0.25, -0.2) is 0 Å². The van der Waals surface area contributed by atoms with Gasteiger partial charge in [0.15, 0.2) is 0 Å². The van der Waals surface area contributed by atoms with Crippen LogP contribution in [0.2, 0.25) is 0 Å². The maximum atomic E-state index is 5.34. The van der Waals surface area contributed by atoms with Crippen LogP contribution in [0.1, 0.15) is 18.4 Å². The minimum atomic E-state index is 0.353. The number of morpholine rings is 1. The predicted molar refractivity (Wildman–Crippen MR) is 63.2 cm³/mol. The molecule has 0 aromatic heterocycles. The molecule has 81 valence electrons. The second-order valence-electron chi connectivity index (χ2n) is 4.10. The van der Waals surface area contributed by atoms with E-state index in [2.05, 4.69) is 43.0 Å². The standard InChI is InChI=1S/C13H18NO/c1-11(2)12-4-3-5-13(10-12)14-6-8-15-9-7-14/h3-5,10-11H,1,6-9H2,2H3. The van der Waals surface area contributed by atoms with E-state index in [0.717, 1.165) is 26.3 Å². The zero-order valence-corrected chi connectivity index (χ0v) is 9.28. The first-order valence-corrected chi connectivity index (χ1v) is 5.53. The van der Waals surface area contributed by atoms with Crippen molar-refractivity contribution in [1.82, 2.24) is 0 Å². The smallest absolute Gasteiger partial charge is 0.0642 e. The molecule has 1 aliphatic heterocycles. The lowest BCUT2D eigenvalue weighted by Gasteiger charge is -2.29. The summed E-state index contributed by atoms with van der Waals surface area (Å²) in [5, 5.41) is 0. The lowest BCUT2D eigenvalue weighted by molar-refractivity contribution is 0.122. The van der Waals surface area contributed by atoms with Crippen molar-refractivity contribution in [3.63, 3.8) is 0 Å². The highest BCUT2D eigenvalue weighted by Gasteiger charge is 2.11. The van der Waals surface area contributed by atoms with Gasteiger partial charge in [-0.15, -0.1) is 0 Å². The molecule has 1 radical (unpaired) electrons. The molecule has 0 bridgehead atoms. The third kappa shape index (κ3) is 2.51. The number of benzene rings is 1. The number of hydrogen-bond acceptors (Lipinski definition) is 2. The average Bonchev–Trinajstić information content (AvgIpc) is 2.30. The molecule has 15 heavy (non-hydrogen) atoms. The number of anilines is 1. The Labute approximate surface area is 91.9 Å². The highest BCUT2D eigenvalue weighted by atomic mass is 16.5. The Hall–Kier alpha value is -1.02. The summed E-state index contributed by atoms with van der Waals surface area (Å²) in [6.07, 6.45) is 0. The quantitative estimate of drug-likeness (QED) is 0.733. The topological polar surface area (TPSA) is 12.5 Å². The SMILES string of the molecule is [CH2]C(C)c1cccc(N2CCOCC2)c1. The Kier molecular flexibility index (Phi) is 3.27. The molecule has 2 rings (SSSR count). The Bertz CT molecular complexity index is 316. The van der Waals surface area contributed by atoms with Crippen LogP contribution in [0.3, 0.4) is 0 Å². The summed E-state index contributed by atoms with van der Waals surface area (Å²) >= 11 is 0. The molecule has 0 aliphatic carbocycles. The summed E-state index contributed by atoms with van der Waals surface area (Å²) in [5.41, 5.74) is 2.60. The Morgan fingerprint density at radius 2 is 2.07 bits per heavy atom. The predicted octanol–water partition coefficient (Wildman–Crippen LogP) is 2.46. The van der Waals surface area contributed by atoms with E-state index >= 15 is 0 Å². The third-order valence-electron chi connectivity index (χ3n) is 2.82. The lowest BCUT2D eigenvalue weighted by atomic mass is 10.0. The maximum absolute atomic E-state index is 5.34. The first-order valence-electron chi connectivity index (χ1n) is 5.53. The van der Waals surface area contributed by atoms with Crippen LogP contribution in [-0.4, -0.2) is 26.3 Å². The van der Waals surface area contributed by atoms with Gasteiger partial charge >= 0.3 is 0 Å². The van der Waals surface area contributed by atoms with E-state index < -0.39 is 0 Å². The van der Waals surface area contributed by atoms with Gasteiger partial charge in [-0.3, -0.25) is 0 Å². The molecule has 0 amide bonds. The molecule has 1 saturated heterocycles. The van der Waals surface area contributed by atoms with Crippen LogP contribution in [0.4, 0.5) is 5.69 Å². The van der Waals surface area contributed by atoms with Crippen LogP contribution >= 0.6 is 0 Å². The molecule has 1 unspecified atom stereocenters. The van der Waals surface area contributed by atoms with Gasteiger partial charge in [0, 0.05) is 18.8 Å². The molecule has 1 heterocycles. The van der Waals surface area contributed by atoms with E-state index in [9.17, 15) is 0 Å². The molecular weight excluding hydrogens is 186 g/mol. The fourth-order valence-electron chi connectivity index (χ4n) is 1.85. The summed E-state index contributed by atoms with van der Waals surface area (Å²) in [6, 6.07) is 8.66. The zero-order chi connectivity index (χ0) is 10.7. The van der Waals surface area contributed by atoms with Crippen LogP contribution < -0.4 is 4.90 Å². The molecule has 0 spiro atoms. The van der Waals surface area contributed by atoms with Crippen LogP contribution in [-0.2, 0) is 4.74 Å². The van der Waals surface area contributed by atoms with Crippen molar-refractivity contribution >= 4 is 5.69 Å². The normalized spacial score (nSPS) is 17.1. The van der Waals surface area contributed by atoms with Crippen molar-refractivity contribution in [1.29, 1.82) is 0 Å².